The fourth-order valence-electron chi connectivity index (χ4n) is 2.33. The van der Waals surface area contributed by atoms with Crippen molar-refractivity contribution in [2.75, 3.05) is 6.61 Å². The Kier molecular flexibility index (Phi) is 5.22. The van der Waals surface area contributed by atoms with E-state index in [9.17, 15) is 4.79 Å². The number of nitrogens with one attached hydrogen (secondary N) is 1. The quantitative estimate of drug-likeness (QED) is 0.872. The van der Waals surface area contributed by atoms with Crippen molar-refractivity contribution in [2.24, 2.45) is 5.73 Å². The van der Waals surface area contributed by atoms with E-state index in [4.69, 9.17) is 10.5 Å². The number of benzene rings is 1. The lowest BCUT2D eigenvalue weighted by molar-refractivity contribution is -0.123. The van der Waals surface area contributed by atoms with Gasteiger partial charge in [0, 0.05) is 22.6 Å². The molecule has 0 radical (unpaired) electrons. The van der Waals surface area contributed by atoms with Crippen LogP contribution in [0.5, 0.6) is 5.75 Å². The van der Waals surface area contributed by atoms with Crippen LogP contribution < -0.4 is 15.8 Å². The maximum atomic E-state index is 11.8. The third-order valence-electron chi connectivity index (χ3n) is 3.32. The van der Waals surface area contributed by atoms with Gasteiger partial charge in [0.05, 0.1) is 0 Å². The molecule has 1 aromatic rings. The van der Waals surface area contributed by atoms with Crippen molar-refractivity contribution in [2.45, 2.75) is 38.3 Å². The number of hydrogen-bond donors (Lipinski definition) is 2. The molecule has 5 heteroatoms. The molecule has 1 aliphatic rings. The molecular weight excluding hydrogens is 308 g/mol. The van der Waals surface area contributed by atoms with Gasteiger partial charge < -0.3 is 15.8 Å². The van der Waals surface area contributed by atoms with Crippen LogP contribution in [-0.2, 0) is 11.3 Å². The second-order valence-corrected chi connectivity index (χ2v) is 5.71. The average Bonchev–Trinajstić information content (AvgIpc) is 2.90. The van der Waals surface area contributed by atoms with Gasteiger partial charge in [0.2, 0.25) is 0 Å². The highest BCUT2D eigenvalue weighted by atomic mass is 79.9. The molecule has 0 bridgehead atoms. The number of amides is 1. The third-order valence-corrected chi connectivity index (χ3v) is 3.81. The smallest absolute Gasteiger partial charge is 0.258 e. The zero-order valence-corrected chi connectivity index (χ0v) is 12.4. The van der Waals surface area contributed by atoms with Crippen LogP contribution in [-0.4, -0.2) is 18.6 Å². The Labute approximate surface area is 121 Å². The van der Waals surface area contributed by atoms with Gasteiger partial charge in [-0.3, -0.25) is 4.79 Å². The molecule has 0 unspecified atom stereocenters. The molecule has 0 spiro atoms. The third kappa shape index (κ3) is 4.21. The summed E-state index contributed by atoms with van der Waals surface area (Å²) in [4.78, 5) is 11.8. The Morgan fingerprint density at radius 3 is 2.84 bits per heavy atom. The molecule has 1 saturated carbocycles. The van der Waals surface area contributed by atoms with Gasteiger partial charge in [-0.05, 0) is 31.0 Å². The summed E-state index contributed by atoms with van der Waals surface area (Å²) in [5.41, 5.74) is 6.55. The van der Waals surface area contributed by atoms with Gasteiger partial charge in [-0.2, -0.15) is 0 Å². The van der Waals surface area contributed by atoms with Crippen LogP contribution in [0.3, 0.4) is 0 Å². The number of ether oxygens (including phenoxy) is 1. The lowest BCUT2D eigenvalue weighted by atomic mass is 10.2. The Hall–Kier alpha value is -1.07. The van der Waals surface area contributed by atoms with Crippen molar-refractivity contribution in [3.8, 4) is 5.75 Å². The van der Waals surface area contributed by atoms with Gasteiger partial charge in [-0.25, -0.2) is 0 Å². The maximum absolute atomic E-state index is 11.8. The van der Waals surface area contributed by atoms with Crippen molar-refractivity contribution in [1.29, 1.82) is 0 Å². The molecular formula is C14H19BrN2O2. The largest absolute Gasteiger partial charge is 0.483 e. The van der Waals surface area contributed by atoms with Crippen LogP contribution in [0.1, 0.15) is 31.2 Å². The molecule has 0 atom stereocenters. The zero-order chi connectivity index (χ0) is 13.7. The number of nitrogens with two attached hydrogens (primary N) is 1. The molecule has 4 nitrogen and oxygen atoms in total. The van der Waals surface area contributed by atoms with Crippen LogP contribution in [0.2, 0.25) is 0 Å². The summed E-state index contributed by atoms with van der Waals surface area (Å²) in [5.74, 6) is 0.616. The molecule has 0 aliphatic heterocycles. The first-order chi connectivity index (χ1) is 9.19. The van der Waals surface area contributed by atoms with Gasteiger partial charge in [-0.15, -0.1) is 0 Å². The van der Waals surface area contributed by atoms with E-state index >= 15 is 0 Å². The standard InChI is InChI=1S/C14H19BrN2O2/c15-11-5-6-13(10(7-11)8-16)19-9-14(18)17-12-3-1-2-4-12/h5-7,12H,1-4,8-9,16H2,(H,17,18). The van der Waals surface area contributed by atoms with Gasteiger partial charge in [0.25, 0.3) is 5.91 Å². The van der Waals surface area contributed by atoms with E-state index in [0.29, 0.717) is 18.3 Å². The van der Waals surface area contributed by atoms with Crippen LogP contribution in [0, 0.1) is 0 Å². The number of rotatable bonds is 5. The minimum atomic E-state index is -0.0576. The fourth-order valence-corrected chi connectivity index (χ4v) is 2.74. The summed E-state index contributed by atoms with van der Waals surface area (Å²) < 4.78 is 6.50. The molecule has 1 fully saturated rings. The van der Waals surface area contributed by atoms with Crippen molar-refractivity contribution < 1.29 is 9.53 Å². The summed E-state index contributed by atoms with van der Waals surface area (Å²) in [6, 6.07) is 5.94. The summed E-state index contributed by atoms with van der Waals surface area (Å²) in [7, 11) is 0. The summed E-state index contributed by atoms with van der Waals surface area (Å²) in [5, 5.41) is 2.99. The van der Waals surface area contributed by atoms with Crippen LogP contribution in [0.4, 0.5) is 0 Å². The maximum Gasteiger partial charge on any atom is 0.258 e. The molecule has 19 heavy (non-hydrogen) atoms. The van der Waals surface area contributed by atoms with Crippen LogP contribution >= 0.6 is 15.9 Å². The highest BCUT2D eigenvalue weighted by Crippen LogP contribution is 2.23. The molecule has 0 saturated heterocycles. The molecule has 104 valence electrons. The van der Waals surface area contributed by atoms with E-state index in [0.717, 1.165) is 22.9 Å². The summed E-state index contributed by atoms with van der Waals surface area (Å²) in [6.45, 7) is 0.435. The molecule has 0 heterocycles. The minimum Gasteiger partial charge on any atom is -0.483 e. The molecule has 3 N–H and O–H groups in total. The average molecular weight is 327 g/mol. The molecule has 1 aliphatic carbocycles. The summed E-state index contributed by atoms with van der Waals surface area (Å²) in [6.07, 6.45) is 4.57. The van der Waals surface area contributed by atoms with Crippen molar-refractivity contribution in [1.82, 2.24) is 5.32 Å². The number of hydrogen-bond acceptors (Lipinski definition) is 3. The first kappa shape index (κ1) is 14.3. The van der Waals surface area contributed by atoms with Crippen molar-refractivity contribution >= 4 is 21.8 Å². The van der Waals surface area contributed by atoms with Gasteiger partial charge in [0.15, 0.2) is 6.61 Å². The van der Waals surface area contributed by atoms with E-state index in [-0.39, 0.29) is 12.5 Å². The van der Waals surface area contributed by atoms with Crippen LogP contribution in [0.15, 0.2) is 22.7 Å². The molecule has 1 amide bonds. The molecule has 0 aromatic heterocycles. The number of carbonyl (C=O) groups excluding carboxylic acids is 1. The SMILES string of the molecule is NCc1cc(Br)ccc1OCC(=O)NC1CCCC1. The number of carbonyl (C=O) groups is 1. The van der Waals surface area contributed by atoms with E-state index in [1.807, 2.05) is 18.2 Å². The second-order valence-electron chi connectivity index (χ2n) is 4.79. The minimum absolute atomic E-state index is 0.0468. The molecule has 2 rings (SSSR count). The van der Waals surface area contributed by atoms with Crippen molar-refractivity contribution in [3.05, 3.63) is 28.2 Å². The van der Waals surface area contributed by atoms with E-state index in [2.05, 4.69) is 21.2 Å². The Bertz CT molecular complexity index is 445. The highest BCUT2D eigenvalue weighted by Gasteiger charge is 2.17. The summed E-state index contributed by atoms with van der Waals surface area (Å²) >= 11 is 3.39. The van der Waals surface area contributed by atoms with Crippen LogP contribution in [0.25, 0.3) is 0 Å². The topological polar surface area (TPSA) is 64.3 Å². The predicted molar refractivity (Wildman–Crippen MR) is 77.9 cm³/mol. The first-order valence-electron chi connectivity index (χ1n) is 6.59. The van der Waals surface area contributed by atoms with Gasteiger partial charge in [0.1, 0.15) is 5.75 Å². The van der Waals surface area contributed by atoms with Gasteiger partial charge >= 0.3 is 0 Å². The normalized spacial score (nSPS) is 15.5. The Morgan fingerprint density at radius 2 is 2.16 bits per heavy atom. The lowest BCUT2D eigenvalue weighted by Crippen LogP contribution is -2.36. The van der Waals surface area contributed by atoms with E-state index in [1.165, 1.54) is 12.8 Å². The number of halogens is 1. The predicted octanol–water partition coefficient (Wildman–Crippen LogP) is 2.35. The fraction of sp³-hybridized carbons (Fsp3) is 0.500. The Balaban J connectivity index is 1.85. The molecule has 1 aromatic carbocycles. The first-order valence-corrected chi connectivity index (χ1v) is 7.39. The zero-order valence-electron chi connectivity index (χ0n) is 10.8. The Morgan fingerprint density at radius 1 is 1.42 bits per heavy atom. The lowest BCUT2D eigenvalue weighted by Gasteiger charge is -2.14. The highest BCUT2D eigenvalue weighted by molar-refractivity contribution is 9.10. The van der Waals surface area contributed by atoms with E-state index < -0.39 is 0 Å². The van der Waals surface area contributed by atoms with Crippen molar-refractivity contribution in [3.63, 3.8) is 0 Å². The second kappa shape index (κ2) is 6.91. The monoisotopic (exact) mass is 326 g/mol. The van der Waals surface area contributed by atoms with E-state index in [1.54, 1.807) is 0 Å². The van der Waals surface area contributed by atoms with Gasteiger partial charge in [-0.1, -0.05) is 28.8 Å².